The average molecular weight is 443 g/mol. The van der Waals surface area contributed by atoms with Gasteiger partial charge in [-0.1, -0.05) is 59.8 Å². The smallest absolute Gasteiger partial charge is 0.241 e. The van der Waals surface area contributed by atoms with Crippen LogP contribution in [0.2, 0.25) is 5.02 Å². The van der Waals surface area contributed by atoms with E-state index in [1.807, 2.05) is 36.4 Å². The maximum atomic E-state index is 13.1. The summed E-state index contributed by atoms with van der Waals surface area (Å²) in [5.41, 5.74) is 2.02. The van der Waals surface area contributed by atoms with E-state index in [0.29, 0.717) is 10.2 Å². The predicted molar refractivity (Wildman–Crippen MR) is 113 cm³/mol. The van der Waals surface area contributed by atoms with Crippen molar-refractivity contribution in [2.24, 2.45) is 0 Å². The van der Waals surface area contributed by atoms with Crippen LogP contribution in [0.1, 0.15) is 22.4 Å². The summed E-state index contributed by atoms with van der Waals surface area (Å²) >= 11 is 7.37. The number of aromatic nitrogens is 3. The number of hydrogen-bond donors (Lipinski definition) is 2. The fourth-order valence-corrected chi connectivity index (χ4v) is 6.28. The van der Waals surface area contributed by atoms with E-state index in [0.717, 1.165) is 21.9 Å². The molecule has 2 N–H and O–H groups in total. The quantitative estimate of drug-likeness (QED) is 0.475. The zero-order valence-electron chi connectivity index (χ0n) is 14.9. The lowest BCUT2D eigenvalue weighted by molar-refractivity contribution is 0.557. The third kappa shape index (κ3) is 3.32. The molecular weight excluding hydrogens is 428 g/mol. The molecule has 0 spiro atoms. The molecule has 2 atom stereocenters. The Bertz CT molecular complexity index is 1290. The molecule has 0 unspecified atom stereocenters. The van der Waals surface area contributed by atoms with Gasteiger partial charge in [0.2, 0.25) is 10.0 Å². The number of rotatable bonds is 5. The SMILES string of the molecule is O=S(=O)(N[C@H]1c2cccc3cccc(c23)[C@H]1Sc1ncn[nH]1)c1ccc(Cl)cc1. The van der Waals surface area contributed by atoms with Gasteiger partial charge >= 0.3 is 0 Å². The third-order valence-electron chi connectivity index (χ3n) is 4.95. The lowest BCUT2D eigenvalue weighted by Crippen LogP contribution is -2.30. The molecule has 4 aromatic rings. The number of nitrogens with one attached hydrogen (secondary N) is 2. The largest absolute Gasteiger partial charge is 0.254 e. The standard InChI is InChI=1S/C20H15ClN4O2S2/c21-13-7-9-14(10-8-13)29(26,27)25-18-15-5-1-3-12-4-2-6-16(17(12)15)19(18)28-20-22-11-23-24-20/h1-11,18-19,25H,(H,22,23,24)/t18-,19+/m0/s1. The first-order valence-electron chi connectivity index (χ1n) is 8.84. The number of sulfonamides is 1. The minimum Gasteiger partial charge on any atom is -0.254 e. The topological polar surface area (TPSA) is 87.7 Å². The maximum Gasteiger partial charge on any atom is 0.241 e. The van der Waals surface area contributed by atoms with Crippen molar-refractivity contribution in [3.8, 4) is 0 Å². The zero-order valence-corrected chi connectivity index (χ0v) is 17.3. The number of aromatic amines is 1. The fraction of sp³-hybridized carbons (Fsp3) is 0.100. The van der Waals surface area contributed by atoms with Crippen LogP contribution in [0.4, 0.5) is 0 Å². The van der Waals surface area contributed by atoms with Crippen LogP contribution in [0.5, 0.6) is 0 Å². The Morgan fingerprint density at radius 3 is 2.41 bits per heavy atom. The first-order valence-corrected chi connectivity index (χ1v) is 11.6. The Balaban J connectivity index is 1.60. The van der Waals surface area contributed by atoms with E-state index in [2.05, 4.69) is 19.9 Å². The van der Waals surface area contributed by atoms with Gasteiger partial charge < -0.3 is 0 Å². The monoisotopic (exact) mass is 442 g/mol. The van der Waals surface area contributed by atoms with E-state index in [1.54, 1.807) is 12.1 Å². The molecule has 0 bridgehead atoms. The first kappa shape index (κ1) is 18.6. The summed E-state index contributed by atoms with van der Waals surface area (Å²) in [7, 11) is -3.75. The molecule has 146 valence electrons. The van der Waals surface area contributed by atoms with Crippen molar-refractivity contribution in [3.63, 3.8) is 0 Å². The van der Waals surface area contributed by atoms with E-state index in [1.165, 1.54) is 30.2 Å². The molecule has 0 fully saturated rings. The molecular formula is C20H15ClN4O2S2. The van der Waals surface area contributed by atoms with Crippen molar-refractivity contribution in [1.29, 1.82) is 0 Å². The summed E-state index contributed by atoms with van der Waals surface area (Å²) < 4.78 is 29.1. The molecule has 0 radical (unpaired) electrons. The lowest BCUT2D eigenvalue weighted by atomic mass is 10.1. The van der Waals surface area contributed by atoms with Gasteiger partial charge in [0.05, 0.1) is 16.2 Å². The molecule has 0 saturated carbocycles. The molecule has 6 nitrogen and oxygen atoms in total. The van der Waals surface area contributed by atoms with E-state index in [9.17, 15) is 8.42 Å². The predicted octanol–water partition coefficient (Wildman–Crippen LogP) is 4.48. The summed E-state index contributed by atoms with van der Waals surface area (Å²) in [5.74, 6) is 0. The summed E-state index contributed by atoms with van der Waals surface area (Å²) in [6.45, 7) is 0. The van der Waals surface area contributed by atoms with E-state index in [-0.39, 0.29) is 10.1 Å². The summed E-state index contributed by atoms with van der Waals surface area (Å²) in [6.07, 6.45) is 1.44. The highest BCUT2D eigenvalue weighted by Crippen LogP contribution is 2.52. The molecule has 0 aliphatic heterocycles. The highest BCUT2D eigenvalue weighted by atomic mass is 35.5. The second-order valence-corrected chi connectivity index (χ2v) is 9.96. The Labute approximate surface area is 176 Å². The zero-order chi connectivity index (χ0) is 20.0. The molecule has 0 amide bonds. The van der Waals surface area contributed by atoms with Crippen LogP contribution < -0.4 is 4.72 Å². The number of halogens is 1. The van der Waals surface area contributed by atoms with Crippen LogP contribution in [0.15, 0.2) is 77.0 Å². The van der Waals surface area contributed by atoms with Crippen molar-refractivity contribution in [2.75, 3.05) is 0 Å². The van der Waals surface area contributed by atoms with Crippen LogP contribution in [0.3, 0.4) is 0 Å². The van der Waals surface area contributed by atoms with Crippen molar-refractivity contribution in [3.05, 3.63) is 83.1 Å². The molecule has 5 rings (SSSR count). The van der Waals surface area contributed by atoms with E-state index in [4.69, 9.17) is 11.6 Å². The highest BCUT2D eigenvalue weighted by molar-refractivity contribution is 7.99. The van der Waals surface area contributed by atoms with Gasteiger partial charge in [-0.25, -0.2) is 18.1 Å². The molecule has 1 heterocycles. The number of H-pyrrole nitrogens is 1. The number of thioether (sulfide) groups is 1. The summed E-state index contributed by atoms with van der Waals surface area (Å²) in [5, 5.41) is 9.86. The Morgan fingerprint density at radius 2 is 1.72 bits per heavy atom. The summed E-state index contributed by atoms with van der Waals surface area (Å²) in [6, 6.07) is 17.7. The highest BCUT2D eigenvalue weighted by Gasteiger charge is 2.38. The van der Waals surface area contributed by atoms with Gasteiger partial charge in [0, 0.05) is 5.02 Å². The van der Waals surface area contributed by atoms with Crippen LogP contribution in [0, 0.1) is 0 Å². The molecule has 29 heavy (non-hydrogen) atoms. The maximum absolute atomic E-state index is 13.1. The normalized spacial score (nSPS) is 18.4. The Morgan fingerprint density at radius 1 is 1.00 bits per heavy atom. The van der Waals surface area contributed by atoms with Crippen molar-refractivity contribution >= 4 is 44.2 Å². The van der Waals surface area contributed by atoms with Crippen molar-refractivity contribution in [1.82, 2.24) is 19.9 Å². The van der Waals surface area contributed by atoms with Crippen LogP contribution in [-0.4, -0.2) is 23.6 Å². The van der Waals surface area contributed by atoms with E-state index < -0.39 is 16.1 Å². The second kappa shape index (κ2) is 7.14. The van der Waals surface area contributed by atoms with Crippen LogP contribution in [0.25, 0.3) is 10.8 Å². The molecule has 0 saturated heterocycles. The minimum atomic E-state index is -3.75. The number of benzene rings is 3. The van der Waals surface area contributed by atoms with Gasteiger partial charge in [-0.15, -0.1) is 0 Å². The van der Waals surface area contributed by atoms with Gasteiger partial charge in [0.15, 0.2) is 5.16 Å². The van der Waals surface area contributed by atoms with Gasteiger partial charge in [0.25, 0.3) is 0 Å². The molecule has 1 aliphatic rings. The molecule has 9 heteroatoms. The number of hydrogen-bond acceptors (Lipinski definition) is 5. The van der Waals surface area contributed by atoms with Gasteiger partial charge in [-0.05, 0) is 46.2 Å². The third-order valence-corrected chi connectivity index (χ3v) is 7.86. The van der Waals surface area contributed by atoms with Crippen molar-refractivity contribution < 1.29 is 8.42 Å². The van der Waals surface area contributed by atoms with Crippen molar-refractivity contribution in [2.45, 2.75) is 21.3 Å². The lowest BCUT2D eigenvalue weighted by Gasteiger charge is -2.22. The van der Waals surface area contributed by atoms with Gasteiger partial charge in [-0.2, -0.15) is 5.10 Å². The Kier molecular flexibility index (Phi) is 4.59. The first-order chi connectivity index (χ1) is 14.0. The van der Waals surface area contributed by atoms with Crippen LogP contribution >= 0.6 is 23.4 Å². The second-order valence-electron chi connectivity index (χ2n) is 6.67. The van der Waals surface area contributed by atoms with E-state index >= 15 is 0 Å². The number of nitrogens with zero attached hydrogens (tertiary/aromatic N) is 2. The van der Waals surface area contributed by atoms with Crippen LogP contribution in [-0.2, 0) is 10.0 Å². The molecule has 1 aliphatic carbocycles. The van der Waals surface area contributed by atoms with Gasteiger partial charge in [0.1, 0.15) is 6.33 Å². The fourth-order valence-electron chi connectivity index (χ4n) is 3.72. The summed E-state index contributed by atoms with van der Waals surface area (Å²) in [4.78, 5) is 4.38. The molecule has 3 aromatic carbocycles. The average Bonchev–Trinajstić information content (AvgIpc) is 3.32. The Hall–Kier alpha value is -2.39. The minimum absolute atomic E-state index is 0.174. The van der Waals surface area contributed by atoms with Gasteiger partial charge in [-0.3, -0.25) is 5.10 Å². The molecule has 1 aromatic heterocycles.